The summed E-state index contributed by atoms with van der Waals surface area (Å²) in [6.45, 7) is 10.6. The number of fused-ring (bicyclic) bond motifs is 3. The van der Waals surface area contributed by atoms with Crippen molar-refractivity contribution < 1.29 is 18.3 Å². The van der Waals surface area contributed by atoms with Gasteiger partial charge in [-0.05, 0) is 75.1 Å². The lowest BCUT2D eigenvalue weighted by Crippen LogP contribution is -2.45. The molecule has 244 valence electrons. The number of ether oxygens (including phenoxy) is 1. The summed E-state index contributed by atoms with van der Waals surface area (Å²) >= 11 is 1.06. The fourth-order valence-corrected chi connectivity index (χ4v) is 8.99. The number of nitrogens with zero attached hydrogens (tertiary/aromatic N) is 6. The van der Waals surface area contributed by atoms with Gasteiger partial charge in [-0.2, -0.15) is 15.2 Å². The molecule has 4 atom stereocenters. The van der Waals surface area contributed by atoms with Crippen LogP contribution < -0.4 is 15.4 Å². The summed E-state index contributed by atoms with van der Waals surface area (Å²) in [6, 6.07) is 11.1. The number of thiophene rings is 1. The van der Waals surface area contributed by atoms with Crippen LogP contribution in [-0.2, 0) is 4.79 Å². The number of likely N-dealkylation sites (tertiary alicyclic amines) is 1. The molecule has 0 aliphatic carbocycles. The van der Waals surface area contributed by atoms with Gasteiger partial charge >= 0.3 is 6.01 Å². The van der Waals surface area contributed by atoms with Crippen LogP contribution in [0.3, 0.4) is 0 Å². The van der Waals surface area contributed by atoms with Gasteiger partial charge in [-0.1, -0.05) is 18.7 Å². The molecule has 2 unspecified atom stereocenters. The molecule has 0 saturated carbocycles. The van der Waals surface area contributed by atoms with E-state index in [-0.39, 0.29) is 46.7 Å². The second-order valence-electron chi connectivity index (χ2n) is 12.8. The molecule has 3 aliphatic heterocycles. The van der Waals surface area contributed by atoms with Gasteiger partial charge in [-0.3, -0.25) is 9.69 Å². The van der Waals surface area contributed by atoms with Gasteiger partial charge in [-0.25, -0.2) is 8.78 Å². The van der Waals surface area contributed by atoms with Crippen molar-refractivity contribution >= 4 is 49.1 Å². The van der Waals surface area contributed by atoms with Crippen LogP contribution in [0, 0.1) is 17.1 Å². The summed E-state index contributed by atoms with van der Waals surface area (Å²) in [5, 5.41) is 11.4. The zero-order chi connectivity index (χ0) is 33.0. The Morgan fingerprint density at radius 2 is 2.15 bits per heavy atom. The quantitative estimate of drug-likeness (QED) is 0.228. The number of nitriles is 1. The maximum Gasteiger partial charge on any atom is 0.319 e. The molecule has 7 rings (SSSR count). The number of anilines is 2. The summed E-state index contributed by atoms with van der Waals surface area (Å²) in [5.74, 6) is 0.150. The van der Waals surface area contributed by atoms with E-state index >= 15 is 0 Å². The van der Waals surface area contributed by atoms with Gasteiger partial charge < -0.3 is 20.3 Å². The van der Waals surface area contributed by atoms with Crippen molar-refractivity contribution in [2.24, 2.45) is 0 Å². The molecule has 2 N–H and O–H groups in total. The molecule has 0 radical (unpaired) electrons. The van der Waals surface area contributed by atoms with E-state index in [2.05, 4.69) is 29.4 Å². The Hall–Kier alpha value is -4.34. The number of likely N-dealkylation sites (N-methyl/N-ethyl adjacent to an activating group) is 1. The van der Waals surface area contributed by atoms with E-state index in [1.165, 1.54) is 12.1 Å². The Kier molecular flexibility index (Phi) is 8.00. The lowest BCUT2D eigenvalue weighted by molar-refractivity contribution is -0.126. The predicted molar refractivity (Wildman–Crippen MR) is 181 cm³/mol. The zero-order valence-electron chi connectivity index (χ0n) is 26.5. The second kappa shape index (κ2) is 12.0. The third kappa shape index (κ3) is 5.16. The standard InChI is InChI=1S/C35H37F2N7O2S/c1-4-29(45)44-14-11-28(20(44)3)43(5-2)33-24-8-7-21(23-9-10-26(37)31-30(23)25(17-38)32(39)47-31)15-27(24)40-34(41-33)46-19-35-12-6-13-42(35)18-22(36)16-35/h4,7-10,15,20,22,28H,1,5-6,11-14,16,18-19,39H2,2-3H3/t20?,22-,28?,35+/m1/s1. The number of nitrogens with two attached hydrogens (primary N) is 1. The predicted octanol–water partition coefficient (Wildman–Crippen LogP) is 6.06. The van der Waals surface area contributed by atoms with Gasteiger partial charge in [-0.15, -0.1) is 11.3 Å². The molecule has 47 heavy (non-hydrogen) atoms. The molecule has 2 aromatic carbocycles. The minimum atomic E-state index is -0.882. The molecule has 4 aromatic rings. The van der Waals surface area contributed by atoms with Crippen molar-refractivity contribution in [3.63, 3.8) is 0 Å². The van der Waals surface area contributed by atoms with E-state index in [1.807, 2.05) is 30.0 Å². The number of alkyl halides is 1. The number of hydrogen-bond acceptors (Lipinski definition) is 9. The summed E-state index contributed by atoms with van der Waals surface area (Å²) in [4.78, 5) is 28.7. The van der Waals surface area contributed by atoms with Crippen LogP contribution in [0.5, 0.6) is 6.01 Å². The lowest BCUT2D eigenvalue weighted by atomic mass is 9.95. The van der Waals surface area contributed by atoms with E-state index in [0.717, 1.165) is 48.1 Å². The topological polar surface area (TPSA) is 112 Å². The molecule has 0 spiro atoms. The van der Waals surface area contributed by atoms with Gasteiger partial charge in [0.05, 0.1) is 27.4 Å². The van der Waals surface area contributed by atoms with Crippen LogP contribution in [0.15, 0.2) is 43.0 Å². The molecule has 9 nitrogen and oxygen atoms in total. The van der Waals surface area contributed by atoms with Crippen molar-refractivity contribution in [1.82, 2.24) is 19.8 Å². The third-order valence-electron chi connectivity index (χ3n) is 10.3. The third-order valence-corrected chi connectivity index (χ3v) is 11.3. The highest BCUT2D eigenvalue weighted by Gasteiger charge is 2.49. The van der Waals surface area contributed by atoms with Gasteiger partial charge in [0.15, 0.2) is 0 Å². The normalized spacial score (nSPS) is 24.1. The highest BCUT2D eigenvalue weighted by Crippen LogP contribution is 2.43. The number of carbonyl (C=O) groups excluding carboxylic acids is 1. The number of nitrogen functional groups attached to an aromatic ring is 1. The fourth-order valence-electron chi connectivity index (χ4n) is 8.04. The molecule has 3 saturated heterocycles. The van der Waals surface area contributed by atoms with Crippen molar-refractivity contribution in [1.29, 1.82) is 5.26 Å². The number of benzene rings is 2. The molecule has 0 bridgehead atoms. The highest BCUT2D eigenvalue weighted by atomic mass is 32.1. The number of halogens is 2. The molecular weight excluding hydrogens is 620 g/mol. The SMILES string of the molecule is C=CC(=O)N1CCC(N(CC)c2nc(OC[C@@]34CCCN3C[C@H](F)C4)nc3cc(-c4ccc(F)c5sc(N)c(C#N)c45)ccc23)C1C. The van der Waals surface area contributed by atoms with Crippen LogP contribution in [-0.4, -0.2) is 82.3 Å². The second-order valence-corrected chi connectivity index (χ2v) is 13.8. The average molecular weight is 658 g/mol. The Balaban J connectivity index is 1.34. The Bertz CT molecular complexity index is 1940. The highest BCUT2D eigenvalue weighted by molar-refractivity contribution is 7.23. The van der Waals surface area contributed by atoms with E-state index in [9.17, 15) is 18.8 Å². The van der Waals surface area contributed by atoms with Crippen molar-refractivity contribution in [2.45, 2.75) is 63.3 Å². The van der Waals surface area contributed by atoms with Gasteiger partial charge in [0.2, 0.25) is 5.91 Å². The van der Waals surface area contributed by atoms with Gasteiger partial charge in [0, 0.05) is 42.9 Å². The summed E-state index contributed by atoms with van der Waals surface area (Å²) in [7, 11) is 0. The Morgan fingerprint density at radius 1 is 1.32 bits per heavy atom. The number of amides is 1. The first kappa shape index (κ1) is 31.3. The Morgan fingerprint density at radius 3 is 2.91 bits per heavy atom. The molecule has 12 heteroatoms. The van der Waals surface area contributed by atoms with Crippen LogP contribution in [0.2, 0.25) is 0 Å². The van der Waals surface area contributed by atoms with Crippen LogP contribution >= 0.6 is 11.3 Å². The number of carbonyl (C=O) groups is 1. The molecular formula is C35H37F2N7O2S. The van der Waals surface area contributed by atoms with Gasteiger partial charge in [0.25, 0.3) is 0 Å². The molecule has 3 aliphatic rings. The largest absolute Gasteiger partial charge is 0.461 e. The zero-order valence-corrected chi connectivity index (χ0v) is 27.3. The Labute approximate surface area is 276 Å². The monoisotopic (exact) mass is 657 g/mol. The van der Waals surface area contributed by atoms with E-state index < -0.39 is 12.0 Å². The summed E-state index contributed by atoms with van der Waals surface area (Å²) in [5.41, 5.74) is 8.03. The minimum Gasteiger partial charge on any atom is -0.461 e. The maximum absolute atomic E-state index is 14.9. The van der Waals surface area contributed by atoms with Crippen molar-refractivity contribution in [3.8, 4) is 23.2 Å². The first-order valence-corrected chi connectivity index (χ1v) is 16.9. The van der Waals surface area contributed by atoms with E-state index in [1.54, 1.807) is 6.07 Å². The average Bonchev–Trinajstić information content (AvgIpc) is 3.81. The van der Waals surface area contributed by atoms with Crippen LogP contribution in [0.1, 0.15) is 45.1 Å². The van der Waals surface area contributed by atoms with Crippen LogP contribution in [0.25, 0.3) is 32.1 Å². The molecule has 2 aromatic heterocycles. The summed E-state index contributed by atoms with van der Waals surface area (Å²) < 4.78 is 36.1. The first-order valence-electron chi connectivity index (χ1n) is 16.1. The maximum atomic E-state index is 14.9. The summed E-state index contributed by atoms with van der Waals surface area (Å²) in [6.07, 6.45) is 3.51. The molecule has 1 amide bonds. The van der Waals surface area contributed by atoms with E-state index in [4.69, 9.17) is 20.4 Å². The van der Waals surface area contributed by atoms with Gasteiger partial charge in [0.1, 0.15) is 35.5 Å². The molecule has 3 fully saturated rings. The number of aromatic nitrogens is 2. The molecule has 5 heterocycles. The first-order chi connectivity index (χ1) is 22.7. The van der Waals surface area contributed by atoms with Crippen molar-refractivity contribution in [2.75, 3.05) is 43.4 Å². The lowest BCUT2D eigenvalue weighted by Gasteiger charge is -2.34. The fraction of sp³-hybridized carbons (Fsp3) is 0.429. The van der Waals surface area contributed by atoms with Crippen molar-refractivity contribution in [3.05, 3.63) is 54.4 Å². The number of hydrogen-bond donors (Lipinski definition) is 1. The van der Waals surface area contributed by atoms with Crippen LogP contribution in [0.4, 0.5) is 19.6 Å². The smallest absolute Gasteiger partial charge is 0.319 e. The minimum absolute atomic E-state index is 0.00994. The van der Waals surface area contributed by atoms with E-state index in [0.29, 0.717) is 53.0 Å². The number of rotatable bonds is 8.